The Bertz CT molecular complexity index is 396. The summed E-state index contributed by atoms with van der Waals surface area (Å²) < 4.78 is 0.655. The molecule has 1 atom stereocenters. The van der Waals surface area contributed by atoms with Gasteiger partial charge in [-0.1, -0.05) is 12.1 Å². The van der Waals surface area contributed by atoms with Crippen molar-refractivity contribution < 1.29 is 9.90 Å². The molecule has 5 heteroatoms. The Kier molecular flexibility index (Phi) is 5.44. The molecule has 1 amide bonds. The number of likely N-dealkylation sites (N-methyl/N-ethyl adjacent to an activating group) is 1. The first kappa shape index (κ1) is 14.0. The van der Waals surface area contributed by atoms with Crippen LogP contribution in [-0.4, -0.2) is 23.6 Å². The van der Waals surface area contributed by atoms with E-state index >= 15 is 0 Å². The Morgan fingerprint density at radius 2 is 2.24 bits per heavy atom. The molecule has 3 N–H and O–H groups in total. The monoisotopic (exact) mass is 300 g/mol. The summed E-state index contributed by atoms with van der Waals surface area (Å²) in [6.07, 6.45) is 0. The largest absolute Gasteiger partial charge is 0.506 e. The molecule has 0 saturated heterocycles. The second-order valence-corrected chi connectivity index (χ2v) is 4.60. The third kappa shape index (κ3) is 4.02. The van der Waals surface area contributed by atoms with Crippen molar-refractivity contribution in [3.8, 4) is 5.75 Å². The number of phenolic OH excluding ortho intramolecular Hbond substituents is 1. The number of hydrogen-bond acceptors (Lipinski definition) is 3. The van der Waals surface area contributed by atoms with Crippen LogP contribution in [0.15, 0.2) is 22.7 Å². The summed E-state index contributed by atoms with van der Waals surface area (Å²) in [5.41, 5.74) is 0.760. The molecule has 0 bridgehead atoms. The quantitative estimate of drug-likeness (QED) is 0.777. The molecule has 1 unspecified atom stereocenters. The summed E-state index contributed by atoms with van der Waals surface area (Å²) in [4.78, 5) is 11.5. The fraction of sp³-hybridized carbons (Fsp3) is 0.417. The number of amides is 1. The van der Waals surface area contributed by atoms with Crippen LogP contribution in [0, 0.1) is 0 Å². The van der Waals surface area contributed by atoms with E-state index in [1.807, 2.05) is 19.1 Å². The third-order valence-corrected chi connectivity index (χ3v) is 3.05. The number of carbonyl (C=O) groups excluding carboxylic acids is 1. The van der Waals surface area contributed by atoms with Crippen LogP contribution in [0.2, 0.25) is 0 Å². The van der Waals surface area contributed by atoms with E-state index in [0.717, 1.165) is 5.56 Å². The number of carbonyl (C=O) groups is 1. The maximum atomic E-state index is 11.5. The van der Waals surface area contributed by atoms with Gasteiger partial charge in [0.25, 0.3) is 0 Å². The molecule has 0 aromatic heterocycles. The zero-order valence-corrected chi connectivity index (χ0v) is 11.5. The minimum absolute atomic E-state index is 0.0398. The average molecular weight is 301 g/mol. The Hall–Kier alpha value is -1.07. The molecule has 0 fully saturated rings. The molecule has 0 heterocycles. The van der Waals surface area contributed by atoms with Crippen LogP contribution < -0.4 is 10.6 Å². The van der Waals surface area contributed by atoms with Gasteiger partial charge < -0.3 is 15.7 Å². The Labute approximate surface area is 110 Å². The van der Waals surface area contributed by atoms with Gasteiger partial charge in [0.15, 0.2) is 0 Å². The van der Waals surface area contributed by atoms with Crippen LogP contribution in [0.1, 0.15) is 19.4 Å². The highest BCUT2D eigenvalue weighted by molar-refractivity contribution is 9.10. The standard InChI is InChI=1S/C12H17BrN2O2/c1-3-14-12(17)8(2)15-7-9-5-4-6-10(13)11(9)16/h4-6,8,15-16H,3,7H2,1-2H3,(H,14,17). The highest BCUT2D eigenvalue weighted by Gasteiger charge is 2.12. The molecule has 0 aliphatic rings. The number of benzene rings is 1. The highest BCUT2D eigenvalue weighted by Crippen LogP contribution is 2.27. The summed E-state index contributed by atoms with van der Waals surface area (Å²) in [6.45, 7) is 4.74. The van der Waals surface area contributed by atoms with Crippen molar-refractivity contribution >= 4 is 21.8 Å². The molecule has 0 aliphatic carbocycles. The van der Waals surface area contributed by atoms with Crippen molar-refractivity contribution in [2.24, 2.45) is 0 Å². The Balaban J connectivity index is 2.56. The number of nitrogens with one attached hydrogen (secondary N) is 2. The first-order valence-electron chi connectivity index (χ1n) is 5.53. The number of phenols is 1. The predicted octanol–water partition coefficient (Wildman–Crippen LogP) is 1.77. The predicted molar refractivity (Wildman–Crippen MR) is 70.8 cm³/mol. The summed E-state index contributed by atoms with van der Waals surface area (Å²) in [6, 6.07) is 5.15. The number of hydrogen-bond donors (Lipinski definition) is 3. The second-order valence-electron chi connectivity index (χ2n) is 3.74. The molecule has 0 saturated carbocycles. The number of aromatic hydroxyl groups is 1. The minimum Gasteiger partial charge on any atom is -0.506 e. The third-order valence-electron chi connectivity index (χ3n) is 2.41. The second kappa shape index (κ2) is 6.61. The molecule has 0 spiro atoms. The number of para-hydroxylation sites is 1. The fourth-order valence-corrected chi connectivity index (χ4v) is 1.79. The highest BCUT2D eigenvalue weighted by atomic mass is 79.9. The lowest BCUT2D eigenvalue weighted by atomic mass is 10.2. The molecule has 1 rings (SSSR count). The van der Waals surface area contributed by atoms with Crippen molar-refractivity contribution in [2.45, 2.75) is 26.4 Å². The SMILES string of the molecule is CCNC(=O)C(C)NCc1cccc(Br)c1O. The first-order valence-corrected chi connectivity index (χ1v) is 6.33. The average Bonchev–Trinajstić information content (AvgIpc) is 2.31. The molecule has 0 aliphatic heterocycles. The van der Waals surface area contributed by atoms with Crippen molar-refractivity contribution in [1.29, 1.82) is 0 Å². The van der Waals surface area contributed by atoms with Crippen molar-refractivity contribution in [1.82, 2.24) is 10.6 Å². The summed E-state index contributed by atoms with van der Waals surface area (Å²) in [5, 5.41) is 15.6. The van der Waals surface area contributed by atoms with Gasteiger partial charge in [0.1, 0.15) is 5.75 Å². The normalized spacial score (nSPS) is 12.2. The van der Waals surface area contributed by atoms with E-state index in [-0.39, 0.29) is 17.7 Å². The van der Waals surface area contributed by atoms with Gasteiger partial charge in [-0.2, -0.15) is 0 Å². The summed E-state index contributed by atoms with van der Waals surface area (Å²) >= 11 is 3.25. The van der Waals surface area contributed by atoms with E-state index < -0.39 is 0 Å². The van der Waals surface area contributed by atoms with E-state index in [1.165, 1.54) is 0 Å². The van der Waals surface area contributed by atoms with E-state index in [0.29, 0.717) is 17.6 Å². The first-order chi connectivity index (χ1) is 8.06. The Morgan fingerprint density at radius 1 is 1.53 bits per heavy atom. The van der Waals surface area contributed by atoms with Crippen LogP contribution in [0.4, 0.5) is 0 Å². The van der Waals surface area contributed by atoms with Crippen molar-refractivity contribution in [2.75, 3.05) is 6.54 Å². The summed E-state index contributed by atoms with van der Waals surface area (Å²) in [5.74, 6) is 0.171. The van der Waals surface area contributed by atoms with Crippen LogP contribution in [0.3, 0.4) is 0 Å². The van der Waals surface area contributed by atoms with Gasteiger partial charge in [-0.05, 0) is 35.8 Å². The minimum atomic E-state index is -0.284. The lowest BCUT2D eigenvalue weighted by molar-refractivity contribution is -0.122. The van der Waals surface area contributed by atoms with Crippen molar-refractivity contribution in [3.05, 3.63) is 28.2 Å². The molecular formula is C12H17BrN2O2. The fourth-order valence-electron chi connectivity index (χ4n) is 1.39. The van der Waals surface area contributed by atoms with Gasteiger partial charge in [0, 0.05) is 18.7 Å². The zero-order valence-electron chi connectivity index (χ0n) is 9.96. The van der Waals surface area contributed by atoms with E-state index in [1.54, 1.807) is 13.0 Å². The van der Waals surface area contributed by atoms with E-state index in [9.17, 15) is 9.90 Å². The van der Waals surface area contributed by atoms with Gasteiger partial charge in [-0.15, -0.1) is 0 Å². The molecule has 94 valence electrons. The molecule has 1 aromatic carbocycles. The lowest BCUT2D eigenvalue weighted by Gasteiger charge is -2.14. The van der Waals surface area contributed by atoms with Gasteiger partial charge in [0.2, 0.25) is 5.91 Å². The molecular weight excluding hydrogens is 284 g/mol. The smallest absolute Gasteiger partial charge is 0.236 e. The Morgan fingerprint density at radius 3 is 2.88 bits per heavy atom. The van der Waals surface area contributed by atoms with Gasteiger partial charge >= 0.3 is 0 Å². The van der Waals surface area contributed by atoms with E-state index in [4.69, 9.17) is 0 Å². The zero-order chi connectivity index (χ0) is 12.8. The molecule has 17 heavy (non-hydrogen) atoms. The van der Waals surface area contributed by atoms with Crippen molar-refractivity contribution in [3.63, 3.8) is 0 Å². The van der Waals surface area contributed by atoms with E-state index in [2.05, 4.69) is 26.6 Å². The van der Waals surface area contributed by atoms with Crippen LogP contribution >= 0.6 is 15.9 Å². The van der Waals surface area contributed by atoms with Gasteiger partial charge in [0.05, 0.1) is 10.5 Å². The number of rotatable bonds is 5. The van der Waals surface area contributed by atoms with Crippen LogP contribution in [0.5, 0.6) is 5.75 Å². The van der Waals surface area contributed by atoms with Gasteiger partial charge in [-0.25, -0.2) is 0 Å². The summed E-state index contributed by atoms with van der Waals surface area (Å²) in [7, 11) is 0. The maximum Gasteiger partial charge on any atom is 0.236 e. The number of halogens is 1. The lowest BCUT2D eigenvalue weighted by Crippen LogP contribution is -2.41. The van der Waals surface area contributed by atoms with Crippen LogP contribution in [-0.2, 0) is 11.3 Å². The molecule has 4 nitrogen and oxygen atoms in total. The molecule has 1 aromatic rings. The molecule has 0 radical (unpaired) electrons. The van der Waals surface area contributed by atoms with Crippen LogP contribution in [0.25, 0.3) is 0 Å². The topological polar surface area (TPSA) is 61.4 Å². The maximum absolute atomic E-state index is 11.5. The van der Waals surface area contributed by atoms with Gasteiger partial charge in [-0.3, -0.25) is 4.79 Å².